The van der Waals surface area contributed by atoms with Gasteiger partial charge in [-0.2, -0.15) is 0 Å². The fraction of sp³-hybridized carbons (Fsp3) is 1.00. The first-order chi connectivity index (χ1) is 8.58. The number of hydrogen-bond acceptors (Lipinski definition) is 3. The van der Waals surface area contributed by atoms with Crippen LogP contribution in [0.5, 0.6) is 0 Å². The summed E-state index contributed by atoms with van der Waals surface area (Å²) in [6, 6.07) is 2.22. The van der Waals surface area contributed by atoms with Crippen LogP contribution in [0, 0.1) is 5.92 Å². The van der Waals surface area contributed by atoms with Crippen molar-refractivity contribution >= 4 is 0 Å². The van der Waals surface area contributed by atoms with Gasteiger partial charge in [-0.1, -0.05) is 6.92 Å². The van der Waals surface area contributed by atoms with Gasteiger partial charge < -0.3 is 10.2 Å². The molecule has 1 N–H and O–H groups in total. The molecule has 2 fully saturated rings. The van der Waals surface area contributed by atoms with Crippen molar-refractivity contribution in [2.45, 2.75) is 58.2 Å². The molecule has 0 aromatic carbocycles. The zero-order valence-electron chi connectivity index (χ0n) is 12.7. The van der Waals surface area contributed by atoms with Crippen LogP contribution in [-0.2, 0) is 0 Å². The average Bonchev–Trinajstić information content (AvgIpc) is 3.14. The van der Waals surface area contributed by atoms with E-state index in [1.807, 2.05) is 0 Å². The Morgan fingerprint density at radius 3 is 2.61 bits per heavy atom. The summed E-state index contributed by atoms with van der Waals surface area (Å²) in [5.41, 5.74) is 0. The van der Waals surface area contributed by atoms with Crippen LogP contribution < -0.4 is 5.32 Å². The van der Waals surface area contributed by atoms with Gasteiger partial charge in [0, 0.05) is 24.7 Å². The molecule has 1 saturated heterocycles. The Labute approximate surface area is 113 Å². The second kappa shape index (κ2) is 6.36. The largest absolute Gasteiger partial charge is 0.314 e. The van der Waals surface area contributed by atoms with Crippen molar-refractivity contribution in [3.05, 3.63) is 0 Å². The normalized spacial score (nSPS) is 31.0. The molecule has 0 aromatic rings. The molecule has 0 spiro atoms. The van der Waals surface area contributed by atoms with Gasteiger partial charge >= 0.3 is 0 Å². The number of nitrogens with one attached hydrogen (secondary N) is 1. The highest BCUT2D eigenvalue weighted by molar-refractivity contribution is 4.86. The summed E-state index contributed by atoms with van der Waals surface area (Å²) in [5.74, 6) is 0.747. The second-order valence-electron chi connectivity index (χ2n) is 6.60. The van der Waals surface area contributed by atoms with E-state index in [-0.39, 0.29) is 0 Å². The van der Waals surface area contributed by atoms with E-state index in [9.17, 15) is 0 Å². The van der Waals surface area contributed by atoms with E-state index in [2.05, 4.69) is 42.9 Å². The first-order valence-electron chi connectivity index (χ1n) is 7.75. The fourth-order valence-electron chi connectivity index (χ4n) is 3.13. The molecular formula is C15H31N3. The first-order valence-corrected chi connectivity index (χ1v) is 7.75. The molecule has 3 atom stereocenters. The predicted octanol–water partition coefficient (Wildman–Crippen LogP) is 1.79. The van der Waals surface area contributed by atoms with Crippen LogP contribution in [0.3, 0.4) is 0 Å². The monoisotopic (exact) mass is 253 g/mol. The first kappa shape index (κ1) is 14.3. The Morgan fingerprint density at radius 2 is 1.94 bits per heavy atom. The number of nitrogens with zero attached hydrogens (tertiary/aromatic N) is 2. The topological polar surface area (TPSA) is 18.5 Å². The highest BCUT2D eigenvalue weighted by Crippen LogP contribution is 2.21. The van der Waals surface area contributed by atoms with Crippen LogP contribution in [-0.4, -0.2) is 61.2 Å². The zero-order chi connectivity index (χ0) is 13.1. The summed E-state index contributed by atoms with van der Waals surface area (Å²) in [6.45, 7) is 12.1. The summed E-state index contributed by atoms with van der Waals surface area (Å²) in [7, 11) is 2.25. The third kappa shape index (κ3) is 3.94. The molecule has 18 heavy (non-hydrogen) atoms. The quantitative estimate of drug-likeness (QED) is 0.806. The molecule has 0 aromatic heterocycles. The van der Waals surface area contributed by atoms with Gasteiger partial charge in [0.25, 0.3) is 0 Å². The van der Waals surface area contributed by atoms with Crippen molar-refractivity contribution in [2.24, 2.45) is 5.92 Å². The van der Waals surface area contributed by atoms with Crippen molar-refractivity contribution in [3.8, 4) is 0 Å². The average molecular weight is 253 g/mol. The molecule has 0 amide bonds. The number of likely N-dealkylation sites (N-methyl/N-ethyl adjacent to an activating group) is 1. The van der Waals surface area contributed by atoms with Crippen LogP contribution in [0.1, 0.15) is 40.0 Å². The van der Waals surface area contributed by atoms with Crippen LogP contribution in [0.2, 0.25) is 0 Å². The molecule has 3 nitrogen and oxygen atoms in total. The zero-order valence-corrected chi connectivity index (χ0v) is 12.7. The summed E-state index contributed by atoms with van der Waals surface area (Å²) in [6.07, 6.45) is 4.10. The van der Waals surface area contributed by atoms with Gasteiger partial charge in [-0.3, -0.25) is 4.90 Å². The van der Waals surface area contributed by atoms with Crippen molar-refractivity contribution in [1.82, 2.24) is 15.1 Å². The van der Waals surface area contributed by atoms with Crippen LogP contribution in [0.4, 0.5) is 0 Å². The van der Waals surface area contributed by atoms with E-state index in [0.717, 1.165) is 12.0 Å². The maximum Gasteiger partial charge on any atom is 0.0197 e. The third-order valence-electron chi connectivity index (χ3n) is 4.75. The lowest BCUT2D eigenvalue weighted by molar-refractivity contribution is 0.115. The van der Waals surface area contributed by atoms with Crippen LogP contribution in [0.15, 0.2) is 0 Å². The highest BCUT2D eigenvalue weighted by atomic mass is 15.2. The Kier molecular flexibility index (Phi) is 5.05. The van der Waals surface area contributed by atoms with Gasteiger partial charge in [-0.05, 0) is 65.7 Å². The molecule has 1 aliphatic heterocycles. The molecular weight excluding hydrogens is 222 g/mol. The molecule has 3 heteroatoms. The molecule has 2 rings (SSSR count). The van der Waals surface area contributed by atoms with Gasteiger partial charge in [0.2, 0.25) is 0 Å². The minimum atomic E-state index is 0.691. The molecule has 106 valence electrons. The molecule has 0 radical (unpaired) electrons. The molecule has 3 unspecified atom stereocenters. The summed E-state index contributed by atoms with van der Waals surface area (Å²) in [4.78, 5) is 5.20. The Bertz CT molecular complexity index is 252. The molecule has 1 saturated carbocycles. The molecule has 2 aliphatic rings. The van der Waals surface area contributed by atoms with Gasteiger partial charge in [-0.15, -0.1) is 0 Å². The van der Waals surface area contributed by atoms with Crippen molar-refractivity contribution in [3.63, 3.8) is 0 Å². The van der Waals surface area contributed by atoms with E-state index in [1.165, 1.54) is 45.4 Å². The van der Waals surface area contributed by atoms with Gasteiger partial charge in [-0.25, -0.2) is 0 Å². The smallest absolute Gasteiger partial charge is 0.0197 e. The Hall–Kier alpha value is -0.120. The number of rotatable bonds is 5. The number of hydrogen-bond donors (Lipinski definition) is 1. The van der Waals surface area contributed by atoms with Crippen LogP contribution >= 0.6 is 0 Å². The SMILES string of the molecule is CC(CNC1CC1)C(C)N1CCCN(C)CC1C. The Balaban J connectivity index is 1.82. The van der Waals surface area contributed by atoms with Gasteiger partial charge in [0.05, 0.1) is 0 Å². The minimum Gasteiger partial charge on any atom is -0.314 e. The van der Waals surface area contributed by atoms with Crippen molar-refractivity contribution in [2.75, 3.05) is 33.2 Å². The maximum atomic E-state index is 3.68. The van der Waals surface area contributed by atoms with Gasteiger partial charge in [0.1, 0.15) is 0 Å². The van der Waals surface area contributed by atoms with E-state index >= 15 is 0 Å². The van der Waals surface area contributed by atoms with E-state index in [0.29, 0.717) is 12.1 Å². The minimum absolute atomic E-state index is 0.691. The Morgan fingerprint density at radius 1 is 1.22 bits per heavy atom. The summed E-state index contributed by atoms with van der Waals surface area (Å²) in [5, 5.41) is 3.68. The van der Waals surface area contributed by atoms with Crippen LogP contribution in [0.25, 0.3) is 0 Å². The van der Waals surface area contributed by atoms with Gasteiger partial charge in [0.15, 0.2) is 0 Å². The van der Waals surface area contributed by atoms with E-state index in [4.69, 9.17) is 0 Å². The molecule has 1 heterocycles. The highest BCUT2D eigenvalue weighted by Gasteiger charge is 2.28. The third-order valence-corrected chi connectivity index (χ3v) is 4.75. The second-order valence-corrected chi connectivity index (χ2v) is 6.60. The molecule has 0 bridgehead atoms. The van der Waals surface area contributed by atoms with E-state index in [1.54, 1.807) is 0 Å². The maximum absolute atomic E-state index is 3.68. The summed E-state index contributed by atoms with van der Waals surface area (Å²) < 4.78 is 0. The predicted molar refractivity (Wildman–Crippen MR) is 77.9 cm³/mol. The fourth-order valence-corrected chi connectivity index (χ4v) is 3.13. The molecule has 1 aliphatic carbocycles. The lowest BCUT2D eigenvalue weighted by Gasteiger charge is -2.37. The van der Waals surface area contributed by atoms with E-state index < -0.39 is 0 Å². The summed E-state index contributed by atoms with van der Waals surface area (Å²) >= 11 is 0. The lowest BCUT2D eigenvalue weighted by atomic mass is 10.00. The van der Waals surface area contributed by atoms with Crippen molar-refractivity contribution < 1.29 is 0 Å². The standard InChI is InChI=1S/C15H31N3/c1-12(10-16-15-6-7-15)14(3)18-9-5-8-17(4)11-13(18)2/h12-16H,5-11H2,1-4H3. The van der Waals surface area contributed by atoms with Crippen molar-refractivity contribution in [1.29, 1.82) is 0 Å². The lowest BCUT2D eigenvalue weighted by Crippen LogP contribution is -2.47.